The number of fused-ring (bicyclic) bond motifs is 1. The SMILES string of the molecule is CCOC(=O)[C@H](C)N[P@@]1(=O)OC[C@H]2O[C@@H](n3ccc(=O)[nH]c3=O)[C@](C)(F)[C@@H]2O1. The average Bonchev–Trinajstić information content (AvgIpc) is 2.85. The average molecular weight is 421 g/mol. The molecule has 2 fully saturated rings. The smallest absolute Gasteiger partial charge is 0.406 e. The van der Waals surface area contributed by atoms with E-state index in [4.69, 9.17) is 18.5 Å². The molecule has 13 heteroatoms. The first-order valence-electron chi connectivity index (χ1n) is 8.60. The van der Waals surface area contributed by atoms with Gasteiger partial charge in [0, 0.05) is 12.3 Å². The van der Waals surface area contributed by atoms with Crippen LogP contribution in [0.2, 0.25) is 0 Å². The Labute approximate surface area is 158 Å². The Balaban J connectivity index is 1.81. The number of nitrogens with one attached hydrogen (secondary N) is 2. The maximum atomic E-state index is 15.5. The third kappa shape index (κ3) is 3.83. The van der Waals surface area contributed by atoms with Crippen LogP contribution < -0.4 is 16.3 Å². The van der Waals surface area contributed by atoms with Gasteiger partial charge in [0.1, 0.15) is 18.2 Å². The van der Waals surface area contributed by atoms with E-state index in [2.05, 4.69) is 5.09 Å². The van der Waals surface area contributed by atoms with E-state index in [-0.39, 0.29) is 13.2 Å². The van der Waals surface area contributed by atoms with E-state index >= 15 is 4.39 Å². The van der Waals surface area contributed by atoms with E-state index in [0.717, 1.165) is 23.8 Å². The third-order valence-corrected chi connectivity index (χ3v) is 6.13. The van der Waals surface area contributed by atoms with Gasteiger partial charge >= 0.3 is 19.4 Å². The molecule has 156 valence electrons. The molecule has 28 heavy (non-hydrogen) atoms. The van der Waals surface area contributed by atoms with Gasteiger partial charge in [-0.15, -0.1) is 0 Å². The van der Waals surface area contributed by atoms with Crippen molar-refractivity contribution < 1.29 is 32.3 Å². The van der Waals surface area contributed by atoms with Crippen molar-refractivity contribution in [2.45, 2.75) is 50.9 Å². The fourth-order valence-electron chi connectivity index (χ4n) is 3.10. The number of alkyl halides is 1. The Hall–Kier alpha value is -1.85. The maximum Gasteiger partial charge on any atom is 0.406 e. The second-order valence-corrected chi connectivity index (χ2v) is 8.34. The molecular weight excluding hydrogens is 400 g/mol. The summed E-state index contributed by atoms with van der Waals surface area (Å²) in [6.07, 6.45) is -2.65. The van der Waals surface area contributed by atoms with Gasteiger partial charge in [0.15, 0.2) is 11.9 Å². The quantitative estimate of drug-likeness (QED) is 0.505. The molecule has 0 saturated carbocycles. The zero-order valence-electron chi connectivity index (χ0n) is 15.4. The van der Waals surface area contributed by atoms with Crippen LogP contribution in [-0.2, 0) is 27.9 Å². The van der Waals surface area contributed by atoms with Crippen LogP contribution in [0.25, 0.3) is 0 Å². The van der Waals surface area contributed by atoms with Crippen molar-refractivity contribution in [3.05, 3.63) is 33.1 Å². The summed E-state index contributed by atoms with van der Waals surface area (Å²) < 4.78 is 50.2. The molecule has 1 aromatic rings. The van der Waals surface area contributed by atoms with Gasteiger partial charge in [-0.2, -0.15) is 0 Å². The monoisotopic (exact) mass is 421 g/mol. The van der Waals surface area contributed by atoms with Crippen LogP contribution in [0.3, 0.4) is 0 Å². The van der Waals surface area contributed by atoms with Gasteiger partial charge in [-0.1, -0.05) is 0 Å². The first-order chi connectivity index (χ1) is 13.1. The standard InChI is InChI=1S/C15H21FN3O8P/c1-4-24-12(21)8(2)18-28(23)25-7-9-11(27-28)15(3,16)13(26-9)19-6-5-10(20)17-14(19)22/h5-6,8-9,11,13H,4,7H2,1-3H3,(H,18,23)(H,17,20,22)/t8-,9+,11+,13+,15+,28+/m0/s1. The zero-order valence-corrected chi connectivity index (χ0v) is 16.3. The summed E-state index contributed by atoms with van der Waals surface area (Å²) in [4.78, 5) is 37.0. The minimum Gasteiger partial charge on any atom is -0.465 e. The second-order valence-electron chi connectivity index (χ2n) is 6.62. The third-order valence-electron chi connectivity index (χ3n) is 4.44. The van der Waals surface area contributed by atoms with Gasteiger partial charge in [0.05, 0.1) is 13.2 Å². The van der Waals surface area contributed by atoms with Gasteiger partial charge in [0.25, 0.3) is 5.56 Å². The highest BCUT2D eigenvalue weighted by Crippen LogP contribution is 2.56. The van der Waals surface area contributed by atoms with E-state index in [1.165, 1.54) is 6.92 Å². The number of ether oxygens (including phenoxy) is 2. The van der Waals surface area contributed by atoms with Gasteiger partial charge < -0.3 is 9.47 Å². The molecule has 2 saturated heterocycles. The number of halogens is 1. The fraction of sp³-hybridized carbons (Fsp3) is 0.667. The van der Waals surface area contributed by atoms with E-state index in [0.29, 0.717) is 0 Å². The molecule has 1 aromatic heterocycles. The Kier molecular flexibility index (Phi) is 5.61. The number of H-pyrrole nitrogens is 1. The van der Waals surface area contributed by atoms with Crippen LogP contribution in [-0.4, -0.2) is 52.7 Å². The first kappa shape index (κ1) is 20.9. The molecule has 3 rings (SSSR count). The molecule has 2 N–H and O–H groups in total. The number of nitrogens with zero attached hydrogens (tertiary/aromatic N) is 1. The summed E-state index contributed by atoms with van der Waals surface area (Å²) >= 11 is 0. The number of hydrogen-bond acceptors (Lipinski definition) is 8. The lowest BCUT2D eigenvalue weighted by Crippen LogP contribution is -2.48. The van der Waals surface area contributed by atoms with Crippen LogP contribution in [0.4, 0.5) is 4.39 Å². The van der Waals surface area contributed by atoms with E-state index in [9.17, 15) is 18.9 Å². The lowest BCUT2D eigenvalue weighted by atomic mass is 9.98. The molecule has 2 aliphatic rings. The summed E-state index contributed by atoms with van der Waals surface area (Å²) in [6, 6.07) is 0.0290. The summed E-state index contributed by atoms with van der Waals surface area (Å²) in [5, 5.41) is 2.40. The molecule has 0 radical (unpaired) electrons. The highest BCUT2D eigenvalue weighted by Gasteiger charge is 2.61. The molecule has 0 unspecified atom stereocenters. The molecule has 0 aliphatic carbocycles. The van der Waals surface area contributed by atoms with Crippen molar-refractivity contribution in [2.75, 3.05) is 13.2 Å². The summed E-state index contributed by atoms with van der Waals surface area (Å²) in [7, 11) is -4.05. The Morgan fingerprint density at radius 1 is 1.57 bits per heavy atom. The minimum absolute atomic E-state index is 0.132. The van der Waals surface area contributed by atoms with E-state index in [1.807, 2.05) is 4.98 Å². The highest BCUT2D eigenvalue weighted by atomic mass is 31.2. The number of esters is 1. The Bertz CT molecular complexity index is 915. The van der Waals surface area contributed by atoms with Crippen molar-refractivity contribution in [1.29, 1.82) is 0 Å². The normalized spacial score (nSPS) is 35.9. The van der Waals surface area contributed by atoms with Gasteiger partial charge in [-0.25, -0.2) is 18.8 Å². The molecule has 6 atom stereocenters. The van der Waals surface area contributed by atoms with E-state index in [1.54, 1.807) is 6.92 Å². The summed E-state index contributed by atoms with van der Waals surface area (Å²) in [5.41, 5.74) is -3.79. The lowest BCUT2D eigenvalue weighted by Gasteiger charge is -2.35. The predicted molar refractivity (Wildman–Crippen MR) is 92.4 cm³/mol. The largest absolute Gasteiger partial charge is 0.465 e. The summed E-state index contributed by atoms with van der Waals surface area (Å²) in [6.45, 7) is 3.99. The predicted octanol–water partition coefficient (Wildman–Crippen LogP) is 0.227. The molecule has 0 bridgehead atoms. The lowest BCUT2D eigenvalue weighted by molar-refractivity contribution is -0.145. The van der Waals surface area contributed by atoms with Crippen LogP contribution in [0, 0.1) is 0 Å². The van der Waals surface area contributed by atoms with Crippen molar-refractivity contribution in [3.63, 3.8) is 0 Å². The van der Waals surface area contributed by atoms with E-state index < -0.39 is 55.1 Å². The minimum atomic E-state index is -4.05. The molecular formula is C15H21FN3O8P. The molecule has 0 spiro atoms. The molecule has 2 aliphatic heterocycles. The fourth-order valence-corrected chi connectivity index (χ4v) is 4.86. The first-order valence-corrected chi connectivity index (χ1v) is 10.1. The van der Waals surface area contributed by atoms with Crippen LogP contribution in [0.15, 0.2) is 21.9 Å². The van der Waals surface area contributed by atoms with Crippen LogP contribution in [0.5, 0.6) is 0 Å². The molecule has 0 amide bonds. The Morgan fingerprint density at radius 3 is 2.93 bits per heavy atom. The number of aromatic amines is 1. The number of carbonyl (C=O) groups excluding carboxylic acids is 1. The van der Waals surface area contributed by atoms with Gasteiger partial charge in [-0.05, 0) is 20.8 Å². The van der Waals surface area contributed by atoms with Crippen LogP contribution >= 0.6 is 7.75 Å². The summed E-state index contributed by atoms with van der Waals surface area (Å²) in [5.74, 6) is -0.671. The molecule has 11 nitrogen and oxygen atoms in total. The van der Waals surface area contributed by atoms with Crippen molar-refractivity contribution in [2.24, 2.45) is 0 Å². The van der Waals surface area contributed by atoms with Gasteiger partial charge in [0.2, 0.25) is 0 Å². The number of aromatic nitrogens is 2. The Morgan fingerprint density at radius 2 is 2.29 bits per heavy atom. The van der Waals surface area contributed by atoms with Crippen molar-refractivity contribution >= 4 is 13.7 Å². The topological polar surface area (TPSA) is 138 Å². The number of rotatable bonds is 5. The van der Waals surface area contributed by atoms with Crippen LogP contribution in [0.1, 0.15) is 27.0 Å². The highest BCUT2D eigenvalue weighted by molar-refractivity contribution is 7.51. The molecule has 3 heterocycles. The second kappa shape index (κ2) is 7.53. The maximum absolute atomic E-state index is 15.5. The van der Waals surface area contributed by atoms with Gasteiger partial charge in [-0.3, -0.25) is 28.2 Å². The zero-order chi connectivity index (χ0) is 20.7. The number of carbonyl (C=O) groups is 1. The molecule has 0 aromatic carbocycles. The van der Waals surface area contributed by atoms with Crippen molar-refractivity contribution in [1.82, 2.24) is 14.6 Å². The number of hydrogen-bond donors (Lipinski definition) is 2. The van der Waals surface area contributed by atoms with Crippen molar-refractivity contribution in [3.8, 4) is 0 Å².